The molecule has 2 heterocycles. The van der Waals surface area contributed by atoms with Crippen molar-refractivity contribution in [2.24, 2.45) is 0 Å². The summed E-state index contributed by atoms with van der Waals surface area (Å²) in [6.07, 6.45) is 3.58. The van der Waals surface area contributed by atoms with Gasteiger partial charge in [0, 0.05) is 18.0 Å². The summed E-state index contributed by atoms with van der Waals surface area (Å²) in [7, 11) is 0. The molecule has 0 aliphatic rings. The van der Waals surface area contributed by atoms with Gasteiger partial charge in [-0.25, -0.2) is 0 Å². The van der Waals surface area contributed by atoms with Crippen LogP contribution in [0.15, 0.2) is 47.2 Å². The van der Waals surface area contributed by atoms with Gasteiger partial charge in [-0.2, -0.15) is 0 Å². The topological polar surface area (TPSA) is 64.9 Å². The maximum atomic E-state index is 5.97. The highest BCUT2D eigenvalue weighted by atomic mass is 16.5. The molecule has 0 spiro atoms. The van der Waals surface area contributed by atoms with Gasteiger partial charge >= 0.3 is 0 Å². The van der Waals surface area contributed by atoms with E-state index >= 15 is 0 Å². The fourth-order valence-corrected chi connectivity index (χ4v) is 2.30. The van der Waals surface area contributed by atoms with Crippen LogP contribution >= 0.6 is 0 Å². The lowest BCUT2D eigenvalue weighted by Crippen LogP contribution is -1.91. The SMILES string of the molecule is Cc1cncc(-c2noc(N)c2-c2ccccc2C)c1. The van der Waals surface area contributed by atoms with Crippen molar-refractivity contribution >= 4 is 5.88 Å². The van der Waals surface area contributed by atoms with Crippen LogP contribution in [0, 0.1) is 13.8 Å². The molecule has 1 aromatic carbocycles. The number of benzene rings is 1. The molecule has 4 heteroatoms. The zero-order valence-electron chi connectivity index (χ0n) is 11.4. The Balaban J connectivity index is 2.23. The third-order valence-corrected chi connectivity index (χ3v) is 3.28. The van der Waals surface area contributed by atoms with Crippen molar-refractivity contribution in [2.45, 2.75) is 13.8 Å². The van der Waals surface area contributed by atoms with Crippen LogP contribution in [0.3, 0.4) is 0 Å². The van der Waals surface area contributed by atoms with Gasteiger partial charge in [-0.1, -0.05) is 29.4 Å². The van der Waals surface area contributed by atoms with E-state index in [2.05, 4.69) is 10.1 Å². The maximum absolute atomic E-state index is 5.97. The molecule has 2 N–H and O–H groups in total. The summed E-state index contributed by atoms with van der Waals surface area (Å²) in [6, 6.07) is 10.1. The summed E-state index contributed by atoms with van der Waals surface area (Å²) in [6.45, 7) is 4.04. The Bertz CT molecular complexity index is 762. The van der Waals surface area contributed by atoms with E-state index < -0.39 is 0 Å². The molecule has 3 rings (SSSR count). The fraction of sp³-hybridized carbons (Fsp3) is 0.125. The fourth-order valence-electron chi connectivity index (χ4n) is 2.30. The van der Waals surface area contributed by atoms with E-state index in [1.54, 1.807) is 12.4 Å². The average molecular weight is 265 g/mol. The van der Waals surface area contributed by atoms with Gasteiger partial charge in [0.15, 0.2) is 0 Å². The summed E-state index contributed by atoms with van der Waals surface area (Å²) in [5, 5.41) is 4.10. The zero-order chi connectivity index (χ0) is 14.1. The molecule has 0 amide bonds. The molecule has 0 aliphatic carbocycles. The third-order valence-electron chi connectivity index (χ3n) is 3.28. The number of anilines is 1. The van der Waals surface area contributed by atoms with Gasteiger partial charge in [0.25, 0.3) is 0 Å². The number of aromatic nitrogens is 2. The normalized spacial score (nSPS) is 10.7. The predicted octanol–water partition coefficient (Wildman–Crippen LogP) is 3.60. The minimum atomic E-state index is 0.329. The number of hydrogen-bond acceptors (Lipinski definition) is 4. The van der Waals surface area contributed by atoms with Gasteiger partial charge in [0.2, 0.25) is 5.88 Å². The number of hydrogen-bond donors (Lipinski definition) is 1. The van der Waals surface area contributed by atoms with Gasteiger partial charge in [-0.15, -0.1) is 0 Å². The highest BCUT2D eigenvalue weighted by molar-refractivity contribution is 5.88. The van der Waals surface area contributed by atoms with Crippen molar-refractivity contribution in [1.29, 1.82) is 0 Å². The van der Waals surface area contributed by atoms with E-state index in [4.69, 9.17) is 10.3 Å². The maximum Gasteiger partial charge on any atom is 0.230 e. The summed E-state index contributed by atoms with van der Waals surface area (Å²) >= 11 is 0. The van der Waals surface area contributed by atoms with Crippen LogP contribution in [0.25, 0.3) is 22.4 Å². The van der Waals surface area contributed by atoms with Crippen LogP contribution in [0.5, 0.6) is 0 Å². The van der Waals surface area contributed by atoms with Crippen LogP contribution in [-0.4, -0.2) is 10.1 Å². The second-order valence-corrected chi connectivity index (χ2v) is 4.84. The second kappa shape index (κ2) is 4.81. The van der Waals surface area contributed by atoms with Gasteiger partial charge in [0.05, 0.1) is 5.56 Å². The van der Waals surface area contributed by atoms with Crippen LogP contribution in [0.4, 0.5) is 5.88 Å². The van der Waals surface area contributed by atoms with Crippen LogP contribution < -0.4 is 5.73 Å². The first-order valence-corrected chi connectivity index (χ1v) is 6.40. The Morgan fingerprint density at radius 3 is 2.65 bits per heavy atom. The van der Waals surface area contributed by atoms with Crippen molar-refractivity contribution in [3.8, 4) is 22.4 Å². The lowest BCUT2D eigenvalue weighted by molar-refractivity contribution is 0.439. The largest absolute Gasteiger partial charge is 0.367 e. The first kappa shape index (κ1) is 12.4. The van der Waals surface area contributed by atoms with Crippen LogP contribution in [-0.2, 0) is 0 Å². The van der Waals surface area contributed by atoms with Crippen molar-refractivity contribution in [2.75, 3.05) is 5.73 Å². The Labute approximate surface area is 117 Å². The Morgan fingerprint density at radius 1 is 1.10 bits per heavy atom. The number of aryl methyl sites for hydroxylation is 2. The molecule has 0 aliphatic heterocycles. The number of nitrogen functional groups attached to an aromatic ring is 1. The predicted molar refractivity (Wildman–Crippen MR) is 79.1 cm³/mol. The zero-order valence-corrected chi connectivity index (χ0v) is 11.4. The van der Waals surface area contributed by atoms with E-state index in [0.29, 0.717) is 5.88 Å². The Morgan fingerprint density at radius 2 is 1.90 bits per heavy atom. The van der Waals surface area contributed by atoms with E-state index in [-0.39, 0.29) is 0 Å². The van der Waals surface area contributed by atoms with Crippen molar-refractivity contribution in [3.05, 3.63) is 53.9 Å². The number of nitrogens with two attached hydrogens (primary N) is 1. The summed E-state index contributed by atoms with van der Waals surface area (Å²) < 4.78 is 5.20. The monoisotopic (exact) mass is 265 g/mol. The third kappa shape index (κ3) is 2.05. The first-order chi connectivity index (χ1) is 9.66. The van der Waals surface area contributed by atoms with Crippen molar-refractivity contribution < 1.29 is 4.52 Å². The second-order valence-electron chi connectivity index (χ2n) is 4.84. The molecule has 0 radical (unpaired) electrons. The lowest BCUT2D eigenvalue weighted by Gasteiger charge is -2.06. The van der Waals surface area contributed by atoms with Crippen LogP contribution in [0.1, 0.15) is 11.1 Å². The van der Waals surface area contributed by atoms with Gasteiger partial charge in [-0.3, -0.25) is 4.98 Å². The number of nitrogens with zero attached hydrogens (tertiary/aromatic N) is 2. The quantitative estimate of drug-likeness (QED) is 0.768. The van der Waals surface area contributed by atoms with Gasteiger partial charge in [-0.05, 0) is 36.6 Å². The van der Waals surface area contributed by atoms with Crippen LogP contribution in [0.2, 0.25) is 0 Å². The van der Waals surface area contributed by atoms with Gasteiger partial charge < -0.3 is 10.3 Å². The molecule has 0 atom stereocenters. The first-order valence-electron chi connectivity index (χ1n) is 6.40. The molecular weight excluding hydrogens is 250 g/mol. The van der Waals surface area contributed by atoms with E-state index in [9.17, 15) is 0 Å². The molecule has 20 heavy (non-hydrogen) atoms. The van der Waals surface area contributed by atoms with Crippen molar-refractivity contribution in [3.63, 3.8) is 0 Å². The average Bonchev–Trinajstić information content (AvgIpc) is 2.81. The smallest absolute Gasteiger partial charge is 0.230 e. The molecule has 3 aromatic rings. The molecule has 0 saturated carbocycles. The minimum Gasteiger partial charge on any atom is -0.367 e. The highest BCUT2D eigenvalue weighted by Gasteiger charge is 2.18. The summed E-state index contributed by atoms with van der Waals surface area (Å²) in [5.41, 5.74) is 11.7. The summed E-state index contributed by atoms with van der Waals surface area (Å²) in [4.78, 5) is 4.20. The van der Waals surface area contributed by atoms with E-state index in [0.717, 1.165) is 33.5 Å². The van der Waals surface area contributed by atoms with E-state index in [1.165, 1.54) is 0 Å². The Hall–Kier alpha value is -2.62. The highest BCUT2D eigenvalue weighted by Crippen LogP contribution is 2.37. The van der Waals surface area contributed by atoms with E-state index in [1.807, 2.05) is 44.2 Å². The molecule has 2 aromatic heterocycles. The Kier molecular flexibility index (Phi) is 2.99. The molecular formula is C16H15N3O. The molecule has 100 valence electrons. The molecule has 4 nitrogen and oxygen atoms in total. The van der Waals surface area contributed by atoms with Crippen molar-refractivity contribution in [1.82, 2.24) is 10.1 Å². The molecule has 0 bridgehead atoms. The van der Waals surface area contributed by atoms with Gasteiger partial charge in [0.1, 0.15) is 5.69 Å². The summed E-state index contributed by atoms with van der Waals surface area (Å²) in [5.74, 6) is 0.329. The molecule has 0 unspecified atom stereocenters. The molecule has 0 fully saturated rings. The number of rotatable bonds is 2. The standard InChI is InChI=1S/C16H15N3O/c1-10-7-12(9-18-8-10)15-14(16(17)20-19-15)13-6-4-3-5-11(13)2/h3-9H,17H2,1-2H3. The molecule has 0 saturated heterocycles. The lowest BCUT2D eigenvalue weighted by atomic mass is 9.97. The minimum absolute atomic E-state index is 0.329. The number of pyridine rings is 1.